The molecule has 5 rings (SSSR count). The van der Waals surface area contributed by atoms with Gasteiger partial charge in [0.1, 0.15) is 5.82 Å². The lowest BCUT2D eigenvalue weighted by molar-refractivity contribution is -0.138. The first kappa shape index (κ1) is 25.7. The molecule has 2 aromatic heterocycles. The van der Waals surface area contributed by atoms with E-state index in [0.29, 0.717) is 18.2 Å². The number of pyridine rings is 1. The van der Waals surface area contributed by atoms with Crippen LogP contribution in [0.1, 0.15) is 11.1 Å². The van der Waals surface area contributed by atoms with Crippen LogP contribution in [0.4, 0.5) is 51.3 Å². The van der Waals surface area contributed by atoms with E-state index in [1.807, 2.05) is 0 Å². The van der Waals surface area contributed by atoms with Gasteiger partial charge in [-0.3, -0.25) is 0 Å². The minimum atomic E-state index is -4.92. The highest BCUT2D eigenvalue weighted by molar-refractivity contribution is 5.86. The van der Waals surface area contributed by atoms with Crippen LogP contribution in [0.25, 0.3) is 22.2 Å². The molecule has 0 aliphatic carbocycles. The van der Waals surface area contributed by atoms with Crippen molar-refractivity contribution in [1.82, 2.24) is 15.0 Å². The van der Waals surface area contributed by atoms with Crippen molar-refractivity contribution in [3.05, 3.63) is 71.2 Å². The number of rotatable bonds is 3. The maximum absolute atomic E-state index is 13.8. The van der Waals surface area contributed by atoms with Crippen molar-refractivity contribution in [3.63, 3.8) is 0 Å². The monoisotopic (exact) mass is 545 g/mol. The van der Waals surface area contributed by atoms with Crippen LogP contribution in [0.3, 0.4) is 0 Å². The highest BCUT2D eigenvalue weighted by Crippen LogP contribution is 2.40. The standard InChI is InChI=1S/C24H16F9N5/c25-16-8-12(9-17(26)20(16)27)13-10-18-19(11-15(13)24(31,32)33)36-22(35-18)38-6-4-37(5-7-38)21-14(23(28,29)30)2-1-3-34-21/h1-3,8-11H,4-7H2,(H,35,36). The minimum Gasteiger partial charge on any atom is -0.353 e. The second-order valence-corrected chi connectivity index (χ2v) is 8.57. The van der Waals surface area contributed by atoms with E-state index in [9.17, 15) is 39.5 Å². The molecule has 0 atom stereocenters. The first-order chi connectivity index (χ1) is 17.8. The van der Waals surface area contributed by atoms with Crippen molar-refractivity contribution in [2.75, 3.05) is 36.0 Å². The van der Waals surface area contributed by atoms with Crippen LogP contribution in [0, 0.1) is 17.5 Å². The Balaban J connectivity index is 1.46. The van der Waals surface area contributed by atoms with Crippen molar-refractivity contribution in [2.45, 2.75) is 12.4 Å². The Labute approximate surface area is 208 Å². The molecule has 1 fully saturated rings. The normalized spacial score (nSPS) is 15.0. The number of anilines is 2. The van der Waals surface area contributed by atoms with Gasteiger partial charge >= 0.3 is 12.4 Å². The smallest absolute Gasteiger partial charge is 0.353 e. The maximum Gasteiger partial charge on any atom is 0.419 e. The highest BCUT2D eigenvalue weighted by Gasteiger charge is 2.37. The zero-order valence-corrected chi connectivity index (χ0v) is 19.1. The van der Waals surface area contributed by atoms with E-state index in [4.69, 9.17) is 0 Å². The summed E-state index contributed by atoms with van der Waals surface area (Å²) in [4.78, 5) is 14.0. The molecule has 1 N–H and O–H groups in total. The lowest BCUT2D eigenvalue weighted by atomic mass is 9.98. The van der Waals surface area contributed by atoms with Gasteiger partial charge in [0.05, 0.1) is 22.2 Å². The van der Waals surface area contributed by atoms with Gasteiger partial charge in [-0.15, -0.1) is 0 Å². The molecule has 0 radical (unpaired) electrons. The van der Waals surface area contributed by atoms with Crippen molar-refractivity contribution < 1.29 is 39.5 Å². The summed E-state index contributed by atoms with van der Waals surface area (Å²) in [7, 11) is 0. The number of aromatic nitrogens is 3. The third kappa shape index (κ3) is 4.70. The Bertz CT molecular complexity index is 1480. The van der Waals surface area contributed by atoms with Crippen LogP contribution in [0.2, 0.25) is 0 Å². The average Bonchev–Trinajstić information content (AvgIpc) is 3.28. The third-order valence-electron chi connectivity index (χ3n) is 6.18. The molecule has 0 unspecified atom stereocenters. The number of H-pyrrole nitrogens is 1. The van der Waals surface area contributed by atoms with Crippen LogP contribution < -0.4 is 9.80 Å². The van der Waals surface area contributed by atoms with E-state index in [0.717, 1.165) is 12.1 Å². The molecule has 1 aliphatic rings. The summed E-state index contributed by atoms with van der Waals surface area (Å²) in [5, 5.41) is 0. The largest absolute Gasteiger partial charge is 0.419 e. The molecular formula is C24H16F9N5. The third-order valence-corrected chi connectivity index (χ3v) is 6.18. The van der Waals surface area contributed by atoms with Gasteiger partial charge in [-0.25, -0.2) is 23.1 Å². The highest BCUT2D eigenvalue weighted by atomic mass is 19.4. The Morgan fingerprint density at radius 3 is 1.97 bits per heavy atom. The number of aromatic amines is 1. The topological polar surface area (TPSA) is 48.1 Å². The van der Waals surface area contributed by atoms with Gasteiger partial charge in [-0.05, 0) is 47.5 Å². The summed E-state index contributed by atoms with van der Waals surface area (Å²) < 4.78 is 122. The van der Waals surface area contributed by atoms with Crippen molar-refractivity contribution in [1.29, 1.82) is 0 Å². The molecule has 0 amide bonds. The number of piperazine rings is 1. The van der Waals surface area contributed by atoms with E-state index in [1.54, 1.807) is 4.90 Å². The minimum absolute atomic E-state index is 0.0920. The van der Waals surface area contributed by atoms with Crippen LogP contribution >= 0.6 is 0 Å². The van der Waals surface area contributed by atoms with Gasteiger partial charge in [0.15, 0.2) is 17.5 Å². The number of hydrogen-bond donors (Lipinski definition) is 1. The molecular weight excluding hydrogens is 529 g/mol. The van der Waals surface area contributed by atoms with Crippen molar-refractivity contribution in [2.24, 2.45) is 0 Å². The summed E-state index contributed by atoms with van der Waals surface area (Å²) in [5.41, 5.74) is -3.19. The van der Waals surface area contributed by atoms with Gasteiger partial charge in [0.25, 0.3) is 0 Å². The molecule has 200 valence electrons. The summed E-state index contributed by atoms with van der Waals surface area (Å²) >= 11 is 0. The molecule has 4 aromatic rings. The second kappa shape index (κ2) is 9.10. The molecule has 0 spiro atoms. The molecule has 1 saturated heterocycles. The first-order valence-electron chi connectivity index (χ1n) is 11.1. The SMILES string of the molecule is Fc1cc(-c2cc3[nH]c(N4CCN(c5ncccc5C(F)(F)F)CC4)nc3cc2C(F)(F)F)cc(F)c1F. The summed E-state index contributed by atoms with van der Waals surface area (Å²) in [6.07, 6.45) is -8.26. The van der Waals surface area contributed by atoms with E-state index >= 15 is 0 Å². The van der Waals surface area contributed by atoms with Crippen LogP contribution in [0.5, 0.6) is 0 Å². The van der Waals surface area contributed by atoms with Gasteiger partial charge in [0, 0.05) is 32.4 Å². The number of nitrogens with one attached hydrogen (secondary N) is 1. The molecule has 5 nitrogen and oxygen atoms in total. The summed E-state index contributed by atoms with van der Waals surface area (Å²) in [6.45, 7) is 0.622. The molecule has 38 heavy (non-hydrogen) atoms. The number of imidazole rings is 1. The number of halogens is 9. The quantitative estimate of drug-likeness (QED) is 0.239. The van der Waals surface area contributed by atoms with Crippen LogP contribution in [-0.4, -0.2) is 41.1 Å². The molecule has 14 heteroatoms. The van der Waals surface area contributed by atoms with Gasteiger partial charge in [0.2, 0.25) is 5.95 Å². The van der Waals surface area contributed by atoms with Gasteiger partial charge < -0.3 is 14.8 Å². The predicted octanol–water partition coefficient (Wildman–Crippen LogP) is 6.41. The average molecular weight is 545 g/mol. The van der Waals surface area contributed by atoms with Crippen LogP contribution in [0.15, 0.2) is 42.6 Å². The number of benzene rings is 2. The molecule has 2 aromatic carbocycles. The first-order valence-corrected chi connectivity index (χ1v) is 11.1. The number of fused-ring (bicyclic) bond motifs is 1. The fourth-order valence-corrected chi connectivity index (χ4v) is 4.38. The van der Waals surface area contributed by atoms with Crippen molar-refractivity contribution in [3.8, 4) is 11.1 Å². The fraction of sp³-hybridized carbons (Fsp3) is 0.250. The predicted molar refractivity (Wildman–Crippen MR) is 120 cm³/mol. The summed E-state index contributed by atoms with van der Waals surface area (Å²) in [6, 6.07) is 4.79. The zero-order valence-electron chi connectivity index (χ0n) is 19.1. The Morgan fingerprint density at radius 1 is 0.763 bits per heavy atom. The maximum atomic E-state index is 13.8. The second-order valence-electron chi connectivity index (χ2n) is 8.57. The molecule has 3 heterocycles. The van der Waals surface area contributed by atoms with E-state index < -0.39 is 52.1 Å². The number of alkyl halides is 6. The molecule has 0 saturated carbocycles. The lowest BCUT2D eigenvalue weighted by Gasteiger charge is -2.36. The Hall–Kier alpha value is -3.97. The van der Waals surface area contributed by atoms with Gasteiger partial charge in [-0.1, -0.05) is 0 Å². The van der Waals surface area contributed by atoms with Crippen LogP contribution in [-0.2, 0) is 12.4 Å². The number of nitrogens with zero attached hydrogens (tertiary/aromatic N) is 4. The Kier molecular flexibility index (Phi) is 6.15. The number of hydrogen-bond acceptors (Lipinski definition) is 4. The van der Waals surface area contributed by atoms with Crippen molar-refractivity contribution >= 4 is 22.8 Å². The summed E-state index contributed by atoms with van der Waals surface area (Å²) in [5.74, 6) is -5.14. The van der Waals surface area contributed by atoms with E-state index in [1.165, 1.54) is 17.2 Å². The Morgan fingerprint density at radius 2 is 1.37 bits per heavy atom. The van der Waals surface area contributed by atoms with E-state index in [2.05, 4.69) is 15.0 Å². The zero-order chi connectivity index (χ0) is 27.4. The molecule has 1 aliphatic heterocycles. The fourth-order valence-electron chi connectivity index (χ4n) is 4.38. The molecule has 0 bridgehead atoms. The lowest BCUT2D eigenvalue weighted by Crippen LogP contribution is -2.47. The van der Waals surface area contributed by atoms with Gasteiger partial charge in [-0.2, -0.15) is 26.3 Å². The van der Waals surface area contributed by atoms with E-state index in [-0.39, 0.29) is 49.0 Å².